The molecule has 1 fully saturated rings. The number of anilines is 1. The van der Waals surface area contributed by atoms with Gasteiger partial charge in [0.05, 0.1) is 16.0 Å². The van der Waals surface area contributed by atoms with Gasteiger partial charge in [-0.3, -0.25) is 10.1 Å². The molecule has 1 aliphatic rings. The molecule has 7 heteroatoms. The Morgan fingerprint density at radius 1 is 1.07 bits per heavy atom. The van der Waals surface area contributed by atoms with E-state index in [0.717, 1.165) is 41.8 Å². The Morgan fingerprint density at radius 3 is 2.64 bits per heavy atom. The summed E-state index contributed by atoms with van der Waals surface area (Å²) in [5.74, 6) is 0.731. The van der Waals surface area contributed by atoms with Crippen molar-refractivity contribution >= 4 is 29.0 Å². The normalized spacial score (nSPS) is 15.7. The highest BCUT2D eigenvalue weighted by molar-refractivity contribution is 7.13. The molecule has 3 heterocycles. The molecule has 140 valence electrons. The van der Waals surface area contributed by atoms with E-state index in [4.69, 9.17) is 0 Å². The second-order valence-electron chi connectivity index (χ2n) is 7.06. The predicted molar refractivity (Wildman–Crippen MR) is 109 cm³/mol. The van der Waals surface area contributed by atoms with Crippen LogP contribution in [0.15, 0.2) is 60.1 Å². The number of benzene rings is 1. The van der Waals surface area contributed by atoms with E-state index in [1.807, 2.05) is 53.9 Å². The number of aromatic nitrogens is 4. The molecule has 0 unspecified atom stereocenters. The molecule has 4 aromatic rings. The van der Waals surface area contributed by atoms with E-state index >= 15 is 0 Å². The number of rotatable bonds is 4. The zero-order chi connectivity index (χ0) is 19.0. The summed E-state index contributed by atoms with van der Waals surface area (Å²) >= 11 is 1.63. The minimum Gasteiger partial charge on any atom is -0.292 e. The Labute approximate surface area is 166 Å². The molecule has 0 spiro atoms. The fraction of sp³-hybridized carbons (Fsp3) is 0.238. The third kappa shape index (κ3) is 2.79. The van der Waals surface area contributed by atoms with Crippen LogP contribution in [0.2, 0.25) is 0 Å². The van der Waals surface area contributed by atoms with Crippen molar-refractivity contribution in [1.29, 1.82) is 0 Å². The summed E-state index contributed by atoms with van der Waals surface area (Å²) in [6, 6.07) is 16.0. The molecular weight excluding hydrogens is 370 g/mol. The molecule has 3 aromatic heterocycles. The van der Waals surface area contributed by atoms with Crippen LogP contribution in [-0.2, 0) is 10.2 Å². The Hall–Kier alpha value is -3.06. The number of nitrogens with zero attached hydrogens (tertiary/aromatic N) is 4. The molecule has 6 nitrogen and oxygen atoms in total. The fourth-order valence-electron chi connectivity index (χ4n) is 4.06. The molecule has 5 rings (SSSR count). The lowest BCUT2D eigenvalue weighted by molar-refractivity contribution is -0.121. The maximum atomic E-state index is 13.3. The molecule has 0 bridgehead atoms. The van der Waals surface area contributed by atoms with Gasteiger partial charge in [-0.05, 0) is 35.9 Å². The Bertz CT molecular complexity index is 1110. The van der Waals surface area contributed by atoms with Gasteiger partial charge in [0.25, 0.3) is 11.7 Å². The van der Waals surface area contributed by atoms with Crippen LogP contribution >= 0.6 is 11.3 Å². The van der Waals surface area contributed by atoms with Crippen LogP contribution in [0, 0.1) is 0 Å². The first kappa shape index (κ1) is 17.1. The van der Waals surface area contributed by atoms with Crippen LogP contribution in [0.5, 0.6) is 0 Å². The van der Waals surface area contributed by atoms with Gasteiger partial charge in [-0.25, -0.2) is 4.98 Å². The molecule has 1 amide bonds. The third-order valence-electron chi connectivity index (χ3n) is 5.46. The maximum absolute atomic E-state index is 13.3. The lowest BCUT2D eigenvalue weighted by Crippen LogP contribution is -2.38. The van der Waals surface area contributed by atoms with Crippen LogP contribution in [0.3, 0.4) is 0 Å². The van der Waals surface area contributed by atoms with Gasteiger partial charge in [0, 0.05) is 6.20 Å². The van der Waals surface area contributed by atoms with E-state index in [1.165, 1.54) is 0 Å². The first-order valence-corrected chi connectivity index (χ1v) is 10.3. The summed E-state index contributed by atoms with van der Waals surface area (Å²) in [6.07, 6.45) is 5.49. The number of hydrogen-bond acceptors (Lipinski definition) is 5. The summed E-state index contributed by atoms with van der Waals surface area (Å²) in [6.45, 7) is 0. The third-order valence-corrected chi connectivity index (χ3v) is 6.35. The monoisotopic (exact) mass is 389 g/mol. The van der Waals surface area contributed by atoms with Crippen molar-refractivity contribution in [2.24, 2.45) is 0 Å². The van der Waals surface area contributed by atoms with Crippen molar-refractivity contribution in [2.45, 2.75) is 31.1 Å². The van der Waals surface area contributed by atoms with Crippen molar-refractivity contribution in [1.82, 2.24) is 19.6 Å². The average Bonchev–Trinajstić information content (AvgIpc) is 3.48. The molecule has 28 heavy (non-hydrogen) atoms. The summed E-state index contributed by atoms with van der Waals surface area (Å²) in [5.41, 5.74) is 1.46. The second-order valence-corrected chi connectivity index (χ2v) is 8.01. The number of fused-ring (bicyclic) bond motifs is 1. The Kier molecular flexibility index (Phi) is 4.16. The number of thiophene rings is 1. The number of amides is 1. The maximum Gasteiger partial charge on any atom is 0.254 e. The SMILES string of the molecule is O=C(Nc1nc2nccc(-c3cccs3)n2n1)C1(c2ccccc2)CCCC1. The summed E-state index contributed by atoms with van der Waals surface area (Å²) in [5, 5.41) is 9.51. The van der Waals surface area contributed by atoms with Gasteiger partial charge in [0.1, 0.15) is 0 Å². The molecule has 0 aliphatic heterocycles. The molecule has 0 saturated heterocycles. The zero-order valence-electron chi connectivity index (χ0n) is 15.2. The highest BCUT2D eigenvalue weighted by atomic mass is 32.1. The zero-order valence-corrected chi connectivity index (χ0v) is 16.0. The largest absolute Gasteiger partial charge is 0.292 e. The van der Waals surface area contributed by atoms with Crippen LogP contribution in [-0.4, -0.2) is 25.5 Å². The van der Waals surface area contributed by atoms with E-state index in [9.17, 15) is 4.79 Å². The highest BCUT2D eigenvalue weighted by Gasteiger charge is 2.43. The standard InChI is InChI=1S/C21H19N5OS/c27-18(21(11-4-5-12-21)15-7-2-1-3-8-15)23-19-24-20-22-13-10-16(26(20)25-19)17-9-6-14-28-17/h1-3,6-10,13-14H,4-5,11-12H2,(H,23,25,27). The van der Waals surface area contributed by atoms with Crippen molar-refractivity contribution < 1.29 is 4.79 Å². The van der Waals surface area contributed by atoms with Crippen molar-refractivity contribution in [3.63, 3.8) is 0 Å². The van der Waals surface area contributed by atoms with E-state index in [1.54, 1.807) is 22.0 Å². The Balaban J connectivity index is 1.50. The minimum atomic E-state index is -0.511. The lowest BCUT2D eigenvalue weighted by atomic mass is 9.78. The van der Waals surface area contributed by atoms with Gasteiger partial charge in [-0.1, -0.05) is 49.2 Å². The topological polar surface area (TPSA) is 72.2 Å². The summed E-state index contributed by atoms with van der Waals surface area (Å²) in [7, 11) is 0. The second kappa shape index (κ2) is 6.83. The van der Waals surface area contributed by atoms with Gasteiger partial charge >= 0.3 is 0 Å². The van der Waals surface area contributed by atoms with Gasteiger partial charge in [0.2, 0.25) is 5.91 Å². The summed E-state index contributed by atoms with van der Waals surface area (Å²) < 4.78 is 1.69. The number of carbonyl (C=O) groups excluding carboxylic acids is 1. The van der Waals surface area contributed by atoms with Crippen LogP contribution in [0.25, 0.3) is 16.3 Å². The predicted octanol–water partition coefficient (Wildman–Crippen LogP) is 4.30. The van der Waals surface area contributed by atoms with Gasteiger partial charge in [-0.15, -0.1) is 16.4 Å². The van der Waals surface area contributed by atoms with Crippen molar-refractivity contribution in [3.8, 4) is 10.6 Å². The Morgan fingerprint density at radius 2 is 1.89 bits per heavy atom. The molecule has 0 atom stereocenters. The molecule has 1 aliphatic carbocycles. The quantitative estimate of drug-likeness (QED) is 0.565. The molecule has 1 aromatic carbocycles. The fourth-order valence-corrected chi connectivity index (χ4v) is 4.80. The van der Waals surface area contributed by atoms with E-state index < -0.39 is 5.41 Å². The first-order chi connectivity index (χ1) is 13.8. The molecule has 0 radical (unpaired) electrons. The van der Waals surface area contributed by atoms with Gasteiger partial charge in [-0.2, -0.15) is 9.50 Å². The summed E-state index contributed by atoms with van der Waals surface area (Å²) in [4.78, 5) is 23.1. The van der Waals surface area contributed by atoms with Crippen LogP contribution in [0.4, 0.5) is 5.95 Å². The molecule has 1 saturated carbocycles. The first-order valence-electron chi connectivity index (χ1n) is 9.39. The van der Waals surface area contributed by atoms with Gasteiger partial charge in [0.15, 0.2) is 0 Å². The minimum absolute atomic E-state index is 0.0372. The van der Waals surface area contributed by atoms with E-state index in [-0.39, 0.29) is 5.91 Å². The van der Waals surface area contributed by atoms with Gasteiger partial charge < -0.3 is 0 Å². The van der Waals surface area contributed by atoms with Crippen LogP contribution < -0.4 is 5.32 Å². The van der Waals surface area contributed by atoms with Crippen LogP contribution in [0.1, 0.15) is 31.2 Å². The number of nitrogens with one attached hydrogen (secondary N) is 1. The van der Waals surface area contributed by atoms with E-state index in [2.05, 4.69) is 20.4 Å². The molecular formula is C21H19N5OS. The van der Waals surface area contributed by atoms with E-state index in [0.29, 0.717) is 11.7 Å². The van der Waals surface area contributed by atoms with Crippen molar-refractivity contribution in [2.75, 3.05) is 5.32 Å². The highest BCUT2D eigenvalue weighted by Crippen LogP contribution is 2.41. The lowest BCUT2D eigenvalue weighted by Gasteiger charge is -2.27. The number of hydrogen-bond donors (Lipinski definition) is 1. The molecule has 1 N–H and O–H groups in total. The van der Waals surface area contributed by atoms with Crippen molar-refractivity contribution in [3.05, 3.63) is 65.7 Å². The smallest absolute Gasteiger partial charge is 0.254 e. The number of carbonyl (C=O) groups is 1. The average molecular weight is 389 g/mol.